The standard InChI is InChI=1S/C14H9Br3F3NO2.ClH/c15-8-5-9(16)13(22)11(17)10(8)12(21)6-1-3-7(4-2-6)23-14(18,19)20;/h1-5,12,22H,21H2;1H/t12-;/m1./s1. The number of nitrogens with two attached hydrogens (primary N) is 1. The summed E-state index contributed by atoms with van der Waals surface area (Å²) in [5.41, 5.74) is 7.29. The highest BCUT2D eigenvalue weighted by molar-refractivity contribution is 9.11. The van der Waals surface area contributed by atoms with E-state index in [1.165, 1.54) is 24.3 Å². The summed E-state index contributed by atoms with van der Waals surface area (Å²) in [6.07, 6.45) is -4.74. The number of halogens is 7. The maximum Gasteiger partial charge on any atom is 0.573 e. The van der Waals surface area contributed by atoms with Crippen LogP contribution in [-0.2, 0) is 0 Å². The van der Waals surface area contributed by atoms with Crippen molar-refractivity contribution < 1.29 is 23.0 Å². The lowest BCUT2D eigenvalue weighted by molar-refractivity contribution is -0.274. The molecule has 2 aromatic rings. The van der Waals surface area contributed by atoms with Gasteiger partial charge in [0.05, 0.1) is 15.0 Å². The van der Waals surface area contributed by atoms with Crippen LogP contribution in [0.4, 0.5) is 13.2 Å². The zero-order valence-electron chi connectivity index (χ0n) is 11.6. The smallest absolute Gasteiger partial charge is 0.506 e. The Morgan fingerprint density at radius 1 is 1.04 bits per heavy atom. The molecular weight excluding hydrogens is 546 g/mol. The largest absolute Gasteiger partial charge is 0.573 e. The predicted molar refractivity (Wildman–Crippen MR) is 97.6 cm³/mol. The van der Waals surface area contributed by atoms with E-state index in [4.69, 9.17) is 5.73 Å². The molecule has 132 valence electrons. The molecule has 2 aromatic carbocycles. The Balaban J connectivity index is 0.00000288. The highest BCUT2D eigenvalue weighted by atomic mass is 79.9. The fourth-order valence-electron chi connectivity index (χ4n) is 1.92. The van der Waals surface area contributed by atoms with E-state index in [9.17, 15) is 18.3 Å². The van der Waals surface area contributed by atoms with Crippen molar-refractivity contribution in [3.8, 4) is 11.5 Å². The second-order valence-electron chi connectivity index (χ2n) is 4.51. The molecule has 0 spiro atoms. The maximum atomic E-state index is 12.2. The molecule has 2 rings (SSSR count). The van der Waals surface area contributed by atoms with Crippen LogP contribution < -0.4 is 10.5 Å². The van der Waals surface area contributed by atoms with Crippen molar-refractivity contribution in [2.75, 3.05) is 0 Å². The van der Waals surface area contributed by atoms with E-state index in [-0.39, 0.29) is 23.9 Å². The molecule has 0 aromatic heterocycles. The average molecular weight is 556 g/mol. The van der Waals surface area contributed by atoms with Crippen LogP contribution in [0.1, 0.15) is 17.2 Å². The first-order chi connectivity index (χ1) is 10.6. The summed E-state index contributed by atoms with van der Waals surface area (Å²) in [5.74, 6) is -0.346. The minimum absolute atomic E-state index is 0. The Hall–Kier alpha value is -0.480. The number of benzene rings is 2. The normalized spacial score (nSPS) is 12.5. The first-order valence-electron chi connectivity index (χ1n) is 6.08. The van der Waals surface area contributed by atoms with Gasteiger partial charge in [-0.15, -0.1) is 25.6 Å². The van der Waals surface area contributed by atoms with E-state index in [0.29, 0.717) is 24.5 Å². The summed E-state index contributed by atoms with van der Waals surface area (Å²) in [6.45, 7) is 0. The SMILES string of the molecule is Cl.N[C@H](c1ccc(OC(F)(F)F)cc1)c1c(Br)cc(Br)c(O)c1Br. The fraction of sp³-hybridized carbons (Fsp3) is 0.143. The van der Waals surface area contributed by atoms with Gasteiger partial charge in [-0.05, 0) is 55.6 Å². The van der Waals surface area contributed by atoms with E-state index in [1.54, 1.807) is 6.07 Å². The molecule has 3 N–H and O–H groups in total. The van der Waals surface area contributed by atoms with E-state index in [2.05, 4.69) is 52.5 Å². The van der Waals surface area contributed by atoms with Gasteiger partial charge in [-0.25, -0.2) is 0 Å². The molecule has 3 nitrogen and oxygen atoms in total. The monoisotopic (exact) mass is 553 g/mol. The molecule has 1 atom stereocenters. The van der Waals surface area contributed by atoms with Crippen LogP contribution in [0.15, 0.2) is 43.7 Å². The summed E-state index contributed by atoms with van der Waals surface area (Å²) < 4.78 is 41.8. The second-order valence-corrected chi connectivity index (χ2v) is 7.01. The lowest BCUT2D eigenvalue weighted by Gasteiger charge is -2.18. The van der Waals surface area contributed by atoms with Gasteiger partial charge in [-0.2, -0.15) is 0 Å². The number of hydrogen-bond donors (Lipinski definition) is 2. The zero-order chi connectivity index (χ0) is 17.4. The number of ether oxygens (including phenoxy) is 1. The molecule has 0 saturated carbocycles. The molecule has 0 heterocycles. The number of alkyl halides is 3. The molecule has 0 saturated heterocycles. The van der Waals surface area contributed by atoms with Gasteiger partial charge >= 0.3 is 6.36 Å². The van der Waals surface area contributed by atoms with Crippen molar-refractivity contribution in [2.24, 2.45) is 5.73 Å². The molecule has 0 aliphatic carbocycles. The number of hydrogen-bond acceptors (Lipinski definition) is 3. The molecule has 0 fully saturated rings. The van der Waals surface area contributed by atoms with Crippen LogP contribution in [0.2, 0.25) is 0 Å². The van der Waals surface area contributed by atoms with Gasteiger partial charge in [-0.3, -0.25) is 0 Å². The fourth-order valence-corrected chi connectivity index (χ4v) is 4.54. The molecule has 10 heteroatoms. The van der Waals surface area contributed by atoms with Gasteiger partial charge in [-0.1, -0.05) is 28.1 Å². The van der Waals surface area contributed by atoms with Crippen molar-refractivity contribution in [1.82, 2.24) is 0 Å². The van der Waals surface area contributed by atoms with E-state index in [1.807, 2.05) is 0 Å². The highest BCUT2D eigenvalue weighted by Gasteiger charge is 2.31. The van der Waals surface area contributed by atoms with Crippen LogP contribution >= 0.6 is 60.2 Å². The van der Waals surface area contributed by atoms with Crippen molar-refractivity contribution >= 4 is 60.2 Å². The zero-order valence-corrected chi connectivity index (χ0v) is 17.1. The molecule has 0 radical (unpaired) electrons. The number of phenolic OH excluding ortho intramolecular Hbond substituents is 1. The van der Waals surface area contributed by atoms with Crippen molar-refractivity contribution in [3.05, 3.63) is 54.9 Å². The highest BCUT2D eigenvalue weighted by Crippen LogP contribution is 2.43. The molecule has 0 bridgehead atoms. The van der Waals surface area contributed by atoms with Gasteiger partial charge in [0, 0.05) is 10.0 Å². The van der Waals surface area contributed by atoms with Crippen molar-refractivity contribution in [3.63, 3.8) is 0 Å². The summed E-state index contributed by atoms with van der Waals surface area (Å²) in [7, 11) is 0. The van der Waals surface area contributed by atoms with Gasteiger partial charge in [0.25, 0.3) is 0 Å². The lowest BCUT2D eigenvalue weighted by Crippen LogP contribution is -2.17. The third kappa shape index (κ3) is 5.01. The first kappa shape index (κ1) is 21.6. The predicted octanol–water partition coefficient (Wildman–Crippen LogP) is 6.05. The van der Waals surface area contributed by atoms with Crippen LogP contribution in [-0.4, -0.2) is 11.5 Å². The Labute approximate surface area is 167 Å². The minimum Gasteiger partial charge on any atom is -0.506 e. The summed E-state index contributed by atoms with van der Waals surface area (Å²) in [4.78, 5) is 0. The number of aromatic hydroxyl groups is 1. The third-order valence-electron chi connectivity index (χ3n) is 2.97. The van der Waals surface area contributed by atoms with Crippen molar-refractivity contribution in [1.29, 1.82) is 0 Å². The van der Waals surface area contributed by atoms with Crippen LogP contribution in [0.3, 0.4) is 0 Å². The minimum atomic E-state index is -4.74. The van der Waals surface area contributed by atoms with Crippen molar-refractivity contribution in [2.45, 2.75) is 12.4 Å². The van der Waals surface area contributed by atoms with Gasteiger partial charge < -0.3 is 15.6 Å². The first-order valence-corrected chi connectivity index (χ1v) is 8.45. The van der Waals surface area contributed by atoms with Gasteiger partial charge in [0.1, 0.15) is 11.5 Å². The Kier molecular flexibility index (Phi) is 7.43. The second kappa shape index (κ2) is 8.27. The molecule has 24 heavy (non-hydrogen) atoms. The number of rotatable bonds is 3. The Morgan fingerprint density at radius 3 is 2.08 bits per heavy atom. The lowest BCUT2D eigenvalue weighted by atomic mass is 9.99. The average Bonchev–Trinajstić information content (AvgIpc) is 2.44. The molecule has 0 unspecified atom stereocenters. The summed E-state index contributed by atoms with van der Waals surface area (Å²) >= 11 is 9.83. The summed E-state index contributed by atoms with van der Waals surface area (Å²) in [5, 5.41) is 9.96. The van der Waals surface area contributed by atoms with E-state index >= 15 is 0 Å². The summed E-state index contributed by atoms with van der Waals surface area (Å²) in [6, 6.07) is 6.20. The number of phenols is 1. The molecule has 0 amide bonds. The van der Waals surface area contributed by atoms with E-state index in [0.717, 1.165) is 0 Å². The quantitative estimate of drug-likeness (QED) is 0.485. The maximum absolute atomic E-state index is 12.2. The van der Waals surface area contributed by atoms with Crippen LogP contribution in [0.25, 0.3) is 0 Å². The Morgan fingerprint density at radius 2 is 1.58 bits per heavy atom. The van der Waals surface area contributed by atoms with Crippen LogP contribution in [0.5, 0.6) is 11.5 Å². The van der Waals surface area contributed by atoms with E-state index < -0.39 is 12.4 Å². The van der Waals surface area contributed by atoms with Gasteiger partial charge in [0.15, 0.2) is 0 Å². The van der Waals surface area contributed by atoms with Gasteiger partial charge in [0.2, 0.25) is 0 Å². The molecular formula is C14H10Br3ClF3NO2. The Bertz CT molecular complexity index is 727. The third-order valence-corrected chi connectivity index (χ3v) is 5.03. The molecule has 0 aliphatic rings. The van der Waals surface area contributed by atoms with Crippen LogP contribution in [0, 0.1) is 0 Å². The topological polar surface area (TPSA) is 55.5 Å². The molecule has 0 aliphatic heterocycles.